The fraction of sp³-hybridized carbons (Fsp3) is 0.421. The van der Waals surface area contributed by atoms with Crippen LogP contribution in [0.1, 0.15) is 17.4 Å². The van der Waals surface area contributed by atoms with E-state index >= 15 is 0 Å². The molecule has 0 aliphatic carbocycles. The smallest absolute Gasteiger partial charge is 0.411 e. The third-order valence-electron chi connectivity index (χ3n) is 4.65. The van der Waals surface area contributed by atoms with Gasteiger partial charge in [0.2, 0.25) is 0 Å². The van der Waals surface area contributed by atoms with E-state index in [1.165, 1.54) is 16.3 Å². The van der Waals surface area contributed by atoms with Gasteiger partial charge in [-0.05, 0) is 37.3 Å². The second kappa shape index (κ2) is 9.19. The lowest BCUT2D eigenvalue weighted by molar-refractivity contribution is -0.137. The van der Waals surface area contributed by atoms with Gasteiger partial charge in [0, 0.05) is 44.2 Å². The minimum atomic E-state index is -4.31. The number of benzene rings is 1. The highest BCUT2D eigenvalue weighted by atomic mass is 32.2. The molecule has 0 atom stereocenters. The average molecular weight is 430 g/mol. The van der Waals surface area contributed by atoms with E-state index < -0.39 is 11.7 Å². The van der Waals surface area contributed by atoms with Gasteiger partial charge in [-0.1, -0.05) is 11.2 Å². The van der Waals surface area contributed by atoms with Crippen molar-refractivity contribution in [3.8, 4) is 0 Å². The number of piperazine rings is 1. The molecule has 1 saturated heterocycles. The average Bonchev–Trinajstić information content (AvgIpc) is 3.16. The molecule has 1 aliphatic rings. The molecule has 152 valence electrons. The second-order valence-corrected chi connectivity index (χ2v) is 9.01. The van der Waals surface area contributed by atoms with Crippen LogP contribution in [0.3, 0.4) is 0 Å². The van der Waals surface area contributed by atoms with Gasteiger partial charge in [-0.15, -0.1) is 23.1 Å². The summed E-state index contributed by atoms with van der Waals surface area (Å²) < 4.78 is 39.9. The Hall–Kier alpha value is -1.71. The first-order chi connectivity index (χ1) is 13.4. The molecule has 1 aromatic heterocycles. The van der Waals surface area contributed by atoms with Crippen molar-refractivity contribution in [3.63, 3.8) is 0 Å². The molecule has 4 nitrogen and oxygen atoms in total. The van der Waals surface area contributed by atoms with E-state index in [0.717, 1.165) is 49.4 Å². The lowest BCUT2D eigenvalue weighted by Crippen LogP contribution is -2.47. The Balaban J connectivity index is 1.45. The first-order valence-corrected chi connectivity index (χ1v) is 10.7. The Morgan fingerprint density at radius 3 is 2.61 bits per heavy atom. The zero-order chi connectivity index (χ0) is 20.1. The van der Waals surface area contributed by atoms with Crippen molar-refractivity contribution in [2.75, 3.05) is 43.4 Å². The van der Waals surface area contributed by atoms with Crippen molar-refractivity contribution in [1.29, 1.82) is 0 Å². The highest BCUT2D eigenvalue weighted by Gasteiger charge is 2.31. The van der Waals surface area contributed by atoms with E-state index in [9.17, 15) is 13.2 Å². The highest BCUT2D eigenvalue weighted by molar-refractivity contribution is 8.01. The number of rotatable bonds is 6. The van der Waals surface area contributed by atoms with Crippen molar-refractivity contribution in [3.05, 3.63) is 46.8 Å². The molecule has 0 radical (unpaired) electrons. The van der Waals surface area contributed by atoms with Crippen LogP contribution in [0, 0.1) is 0 Å². The standard InChI is InChI=1S/C19H22F3N3OS2/c1-14(23-26)17-5-6-18(28-17)27-12-11-24-7-9-25(10-8-24)16-4-2-3-15(13-16)19(20,21)22/h2-6,13,26H,7-12H2,1H3. The molecule has 3 rings (SSSR count). The number of thioether (sulfide) groups is 1. The Morgan fingerprint density at radius 2 is 1.93 bits per heavy atom. The van der Waals surface area contributed by atoms with E-state index in [1.807, 2.05) is 17.0 Å². The summed E-state index contributed by atoms with van der Waals surface area (Å²) in [6, 6.07) is 9.55. The zero-order valence-electron chi connectivity index (χ0n) is 15.4. The van der Waals surface area contributed by atoms with Gasteiger partial charge in [0.1, 0.15) is 0 Å². The largest absolute Gasteiger partial charge is 0.416 e. The highest BCUT2D eigenvalue weighted by Crippen LogP contribution is 2.32. The number of alkyl halides is 3. The van der Waals surface area contributed by atoms with Crippen molar-refractivity contribution >= 4 is 34.5 Å². The summed E-state index contributed by atoms with van der Waals surface area (Å²) in [6.45, 7) is 5.82. The molecule has 2 aromatic rings. The number of nitrogens with zero attached hydrogens (tertiary/aromatic N) is 3. The molecule has 0 saturated carbocycles. The second-order valence-electron chi connectivity index (χ2n) is 6.53. The van der Waals surface area contributed by atoms with Crippen LogP contribution in [0.2, 0.25) is 0 Å². The van der Waals surface area contributed by atoms with E-state index in [0.29, 0.717) is 11.4 Å². The van der Waals surface area contributed by atoms with Crippen molar-refractivity contribution in [2.24, 2.45) is 5.16 Å². The summed E-state index contributed by atoms with van der Waals surface area (Å²) in [5.41, 5.74) is 0.652. The zero-order valence-corrected chi connectivity index (χ0v) is 17.1. The maximum atomic E-state index is 12.9. The lowest BCUT2D eigenvalue weighted by Gasteiger charge is -2.36. The lowest BCUT2D eigenvalue weighted by atomic mass is 10.1. The molecule has 28 heavy (non-hydrogen) atoms. The number of anilines is 1. The molecule has 2 heterocycles. The molecule has 1 fully saturated rings. The van der Waals surface area contributed by atoms with Gasteiger partial charge in [0.05, 0.1) is 20.4 Å². The Bertz CT molecular complexity index is 815. The van der Waals surface area contributed by atoms with Crippen LogP contribution < -0.4 is 4.90 Å². The topological polar surface area (TPSA) is 39.1 Å². The van der Waals surface area contributed by atoms with Crippen molar-refractivity contribution in [1.82, 2.24) is 4.90 Å². The fourth-order valence-corrected chi connectivity index (χ4v) is 5.17. The van der Waals surface area contributed by atoms with Gasteiger partial charge in [-0.3, -0.25) is 4.90 Å². The fourth-order valence-electron chi connectivity index (χ4n) is 3.03. The minimum absolute atomic E-state index is 0.597. The SMILES string of the molecule is CC(=NO)c1ccc(SCCN2CCN(c3cccc(C(F)(F)F)c3)CC2)s1. The summed E-state index contributed by atoms with van der Waals surface area (Å²) in [6.07, 6.45) is -4.31. The molecular weight excluding hydrogens is 407 g/mol. The molecular formula is C19H22F3N3OS2. The summed E-state index contributed by atoms with van der Waals surface area (Å²) in [7, 11) is 0. The number of hydrogen-bond acceptors (Lipinski definition) is 6. The quantitative estimate of drug-likeness (QED) is 0.308. The summed E-state index contributed by atoms with van der Waals surface area (Å²) in [5, 5.41) is 12.0. The van der Waals surface area contributed by atoms with Gasteiger partial charge in [0.25, 0.3) is 0 Å². The summed E-state index contributed by atoms with van der Waals surface area (Å²) in [4.78, 5) is 5.31. The van der Waals surface area contributed by atoms with E-state index in [2.05, 4.69) is 10.1 Å². The monoisotopic (exact) mass is 429 g/mol. The first-order valence-electron chi connectivity index (χ1n) is 8.93. The Kier molecular flexibility index (Phi) is 6.90. The van der Waals surface area contributed by atoms with Gasteiger partial charge < -0.3 is 10.1 Å². The minimum Gasteiger partial charge on any atom is -0.411 e. The van der Waals surface area contributed by atoms with Gasteiger partial charge >= 0.3 is 6.18 Å². The summed E-state index contributed by atoms with van der Waals surface area (Å²) >= 11 is 3.37. The van der Waals surface area contributed by atoms with Gasteiger partial charge in [0.15, 0.2) is 0 Å². The van der Waals surface area contributed by atoms with Crippen molar-refractivity contribution < 1.29 is 18.4 Å². The Labute approximate surface area is 170 Å². The molecule has 0 spiro atoms. The molecule has 1 aliphatic heterocycles. The van der Waals surface area contributed by atoms with Crippen molar-refractivity contribution in [2.45, 2.75) is 17.3 Å². The predicted octanol–water partition coefficient (Wildman–Crippen LogP) is 4.88. The van der Waals surface area contributed by atoms with Gasteiger partial charge in [-0.25, -0.2) is 0 Å². The van der Waals surface area contributed by atoms with Crippen LogP contribution in [0.25, 0.3) is 0 Å². The van der Waals surface area contributed by atoms with Crippen LogP contribution >= 0.6 is 23.1 Å². The molecule has 0 unspecified atom stereocenters. The molecule has 0 amide bonds. The van der Waals surface area contributed by atoms with Crippen LogP contribution in [0.15, 0.2) is 45.8 Å². The molecule has 9 heteroatoms. The van der Waals surface area contributed by atoms with Crippen LogP contribution in [-0.4, -0.2) is 54.3 Å². The normalized spacial score (nSPS) is 16.6. The number of thiophene rings is 1. The molecule has 0 bridgehead atoms. The molecule has 1 aromatic carbocycles. The third kappa shape index (κ3) is 5.42. The van der Waals surface area contributed by atoms with Crippen LogP contribution in [0.5, 0.6) is 0 Å². The van der Waals surface area contributed by atoms with Crippen LogP contribution in [-0.2, 0) is 6.18 Å². The first kappa shape index (κ1) is 21.0. The Morgan fingerprint density at radius 1 is 1.18 bits per heavy atom. The van der Waals surface area contributed by atoms with Crippen LogP contribution in [0.4, 0.5) is 18.9 Å². The number of halogens is 3. The third-order valence-corrected chi connectivity index (χ3v) is 7.05. The maximum absolute atomic E-state index is 12.9. The number of hydrogen-bond donors (Lipinski definition) is 1. The predicted molar refractivity (Wildman–Crippen MR) is 109 cm³/mol. The molecule has 1 N–H and O–H groups in total. The number of oxime groups is 1. The van der Waals surface area contributed by atoms with E-state index in [1.54, 1.807) is 36.1 Å². The van der Waals surface area contributed by atoms with E-state index in [-0.39, 0.29) is 0 Å². The van der Waals surface area contributed by atoms with Gasteiger partial charge in [-0.2, -0.15) is 13.2 Å². The summed E-state index contributed by atoms with van der Waals surface area (Å²) in [5.74, 6) is 0.943. The van der Waals surface area contributed by atoms with E-state index in [4.69, 9.17) is 5.21 Å². The maximum Gasteiger partial charge on any atom is 0.416 e.